The Morgan fingerprint density at radius 3 is 2.62 bits per heavy atom. The molecule has 0 amide bonds. The van der Waals surface area contributed by atoms with Gasteiger partial charge in [0.05, 0.1) is 4.92 Å². The Bertz CT molecular complexity index is 980. The summed E-state index contributed by atoms with van der Waals surface area (Å²) >= 11 is 0. The maximum atomic E-state index is 12.3. The lowest BCUT2D eigenvalue weighted by molar-refractivity contribution is -0.385. The zero-order valence-corrected chi connectivity index (χ0v) is 14.1. The summed E-state index contributed by atoms with van der Waals surface area (Å²) in [4.78, 5) is 27.0. The van der Waals surface area contributed by atoms with Gasteiger partial charge in [-0.05, 0) is 25.0 Å². The summed E-state index contributed by atoms with van der Waals surface area (Å²) in [5.74, 6) is -0.325. The van der Waals surface area contributed by atoms with Gasteiger partial charge in [-0.15, -0.1) is 0 Å². The first-order chi connectivity index (χ1) is 12.5. The molecule has 132 valence electrons. The fourth-order valence-electron chi connectivity index (χ4n) is 2.52. The average molecular weight is 353 g/mol. The Kier molecular flexibility index (Phi) is 4.74. The van der Waals surface area contributed by atoms with Crippen molar-refractivity contribution in [2.75, 3.05) is 0 Å². The molecule has 0 spiro atoms. The molecule has 3 rings (SSSR count). The molecule has 2 aromatic carbocycles. The van der Waals surface area contributed by atoms with Gasteiger partial charge in [0.1, 0.15) is 5.56 Å². The van der Waals surface area contributed by atoms with E-state index in [0.29, 0.717) is 11.4 Å². The minimum Gasteiger partial charge on any atom is -0.452 e. The van der Waals surface area contributed by atoms with Crippen LogP contribution in [0.15, 0.2) is 47.0 Å². The molecule has 0 saturated heterocycles. The van der Waals surface area contributed by atoms with E-state index in [1.54, 1.807) is 13.0 Å². The highest BCUT2D eigenvalue weighted by Gasteiger charge is 2.24. The molecule has 0 bridgehead atoms. The first kappa shape index (κ1) is 17.3. The quantitative estimate of drug-likeness (QED) is 0.391. The number of nitro benzene ring substituents is 1. The van der Waals surface area contributed by atoms with Gasteiger partial charge < -0.3 is 9.26 Å². The van der Waals surface area contributed by atoms with E-state index in [1.807, 2.05) is 31.2 Å². The van der Waals surface area contributed by atoms with Crippen molar-refractivity contribution in [2.45, 2.75) is 20.5 Å². The van der Waals surface area contributed by atoms with Gasteiger partial charge in [-0.3, -0.25) is 10.1 Å². The molecule has 0 unspecified atom stereocenters. The summed E-state index contributed by atoms with van der Waals surface area (Å²) in [6.45, 7) is 3.25. The molecule has 0 fully saturated rings. The minimum absolute atomic E-state index is 0.0869. The number of esters is 1. The molecule has 0 radical (unpaired) electrons. The van der Waals surface area contributed by atoms with E-state index in [1.165, 1.54) is 12.1 Å². The standard InChI is InChI=1S/C18H15N3O5/c1-11-6-3-4-8-13(11)17-19-15(26-20-17)10-25-18(22)16-12(2)7-5-9-14(16)21(23)24/h3-9H,10H2,1-2H3. The van der Waals surface area contributed by atoms with E-state index >= 15 is 0 Å². The first-order valence-electron chi connectivity index (χ1n) is 7.77. The highest BCUT2D eigenvalue weighted by atomic mass is 16.6. The van der Waals surface area contributed by atoms with Crippen molar-refractivity contribution >= 4 is 11.7 Å². The van der Waals surface area contributed by atoms with E-state index in [2.05, 4.69) is 10.1 Å². The van der Waals surface area contributed by atoms with Crippen molar-refractivity contribution in [1.29, 1.82) is 0 Å². The predicted octanol–water partition coefficient (Wildman–Crippen LogP) is 3.62. The Hall–Kier alpha value is -3.55. The number of aryl methyl sites for hydroxylation is 2. The molecule has 26 heavy (non-hydrogen) atoms. The third kappa shape index (κ3) is 3.44. The second-order valence-corrected chi connectivity index (χ2v) is 5.63. The number of nitrogens with zero attached hydrogens (tertiary/aromatic N) is 3. The van der Waals surface area contributed by atoms with Crippen LogP contribution in [0.4, 0.5) is 5.69 Å². The van der Waals surface area contributed by atoms with Crippen molar-refractivity contribution < 1.29 is 19.0 Å². The Morgan fingerprint density at radius 2 is 1.88 bits per heavy atom. The zero-order chi connectivity index (χ0) is 18.7. The minimum atomic E-state index is -0.814. The van der Waals surface area contributed by atoms with Crippen LogP contribution in [0.5, 0.6) is 0 Å². The third-order valence-corrected chi connectivity index (χ3v) is 3.83. The fourth-order valence-corrected chi connectivity index (χ4v) is 2.52. The second-order valence-electron chi connectivity index (χ2n) is 5.63. The predicted molar refractivity (Wildman–Crippen MR) is 91.4 cm³/mol. The SMILES string of the molecule is Cc1ccccc1-c1noc(COC(=O)c2c(C)cccc2[N+](=O)[O-])n1. The summed E-state index contributed by atoms with van der Waals surface area (Å²) in [7, 11) is 0. The molecule has 0 aliphatic rings. The Morgan fingerprint density at radius 1 is 1.15 bits per heavy atom. The molecule has 3 aromatic rings. The topological polar surface area (TPSA) is 108 Å². The molecule has 0 N–H and O–H groups in total. The number of rotatable bonds is 5. The van der Waals surface area contributed by atoms with Crippen LogP contribution in [0, 0.1) is 24.0 Å². The van der Waals surface area contributed by atoms with Crippen LogP contribution in [0.2, 0.25) is 0 Å². The van der Waals surface area contributed by atoms with Crippen LogP contribution in [-0.2, 0) is 11.3 Å². The number of hydrogen-bond acceptors (Lipinski definition) is 7. The fraction of sp³-hybridized carbons (Fsp3) is 0.167. The van der Waals surface area contributed by atoms with Gasteiger partial charge in [0.25, 0.3) is 11.6 Å². The summed E-state index contributed by atoms with van der Waals surface area (Å²) in [6.07, 6.45) is 0. The highest BCUT2D eigenvalue weighted by molar-refractivity contribution is 5.95. The number of benzene rings is 2. The summed E-state index contributed by atoms with van der Waals surface area (Å²) in [6, 6.07) is 11.9. The van der Waals surface area contributed by atoms with Gasteiger partial charge in [-0.25, -0.2) is 4.79 Å². The molecule has 1 heterocycles. The van der Waals surface area contributed by atoms with Crippen molar-refractivity contribution in [2.24, 2.45) is 0 Å². The molecule has 0 aliphatic heterocycles. The lowest BCUT2D eigenvalue weighted by atomic mass is 10.1. The summed E-state index contributed by atoms with van der Waals surface area (Å²) in [5, 5.41) is 15.0. The van der Waals surface area contributed by atoms with Crippen LogP contribution in [0.25, 0.3) is 11.4 Å². The maximum Gasteiger partial charge on any atom is 0.345 e. The second kappa shape index (κ2) is 7.14. The van der Waals surface area contributed by atoms with Crippen molar-refractivity contribution in [3.63, 3.8) is 0 Å². The van der Waals surface area contributed by atoms with Gasteiger partial charge in [-0.1, -0.05) is 41.6 Å². The lowest BCUT2D eigenvalue weighted by Crippen LogP contribution is -2.10. The normalized spacial score (nSPS) is 10.5. The van der Waals surface area contributed by atoms with Gasteiger partial charge in [0.2, 0.25) is 5.82 Å². The molecule has 8 heteroatoms. The number of carbonyl (C=O) groups is 1. The number of carbonyl (C=O) groups excluding carboxylic acids is 1. The number of nitro groups is 1. The zero-order valence-electron chi connectivity index (χ0n) is 14.1. The largest absolute Gasteiger partial charge is 0.452 e. The molecular weight excluding hydrogens is 338 g/mol. The van der Waals surface area contributed by atoms with E-state index in [-0.39, 0.29) is 23.7 Å². The van der Waals surface area contributed by atoms with E-state index < -0.39 is 10.9 Å². The van der Waals surface area contributed by atoms with Crippen molar-refractivity contribution in [3.8, 4) is 11.4 Å². The van der Waals surface area contributed by atoms with E-state index in [9.17, 15) is 14.9 Å². The number of aromatic nitrogens is 2. The van der Waals surface area contributed by atoms with Crippen molar-refractivity contribution in [3.05, 3.63) is 75.2 Å². The van der Waals surface area contributed by atoms with Crippen molar-refractivity contribution in [1.82, 2.24) is 10.1 Å². The molecule has 0 atom stereocenters. The van der Waals surface area contributed by atoms with Crippen LogP contribution in [0.3, 0.4) is 0 Å². The smallest absolute Gasteiger partial charge is 0.345 e. The number of hydrogen-bond donors (Lipinski definition) is 0. The lowest BCUT2D eigenvalue weighted by Gasteiger charge is -2.05. The molecule has 8 nitrogen and oxygen atoms in total. The molecule has 1 aromatic heterocycles. The van der Waals surface area contributed by atoms with Crippen LogP contribution >= 0.6 is 0 Å². The number of ether oxygens (including phenoxy) is 1. The Labute approximate surface area is 148 Å². The van der Waals surface area contributed by atoms with Crippen LogP contribution in [0.1, 0.15) is 27.4 Å². The maximum absolute atomic E-state index is 12.3. The highest BCUT2D eigenvalue weighted by Crippen LogP contribution is 2.24. The van der Waals surface area contributed by atoms with E-state index in [4.69, 9.17) is 9.26 Å². The third-order valence-electron chi connectivity index (χ3n) is 3.83. The molecule has 0 saturated carbocycles. The first-order valence-corrected chi connectivity index (χ1v) is 7.77. The molecular formula is C18H15N3O5. The van der Waals surface area contributed by atoms with Gasteiger partial charge >= 0.3 is 5.97 Å². The monoisotopic (exact) mass is 353 g/mol. The van der Waals surface area contributed by atoms with Gasteiger partial charge in [0, 0.05) is 11.6 Å². The van der Waals surface area contributed by atoms with Crippen LogP contribution < -0.4 is 0 Å². The summed E-state index contributed by atoms with van der Waals surface area (Å²) < 4.78 is 10.2. The summed E-state index contributed by atoms with van der Waals surface area (Å²) in [5.41, 5.74) is 1.85. The Balaban J connectivity index is 1.76. The van der Waals surface area contributed by atoms with Gasteiger partial charge in [-0.2, -0.15) is 4.98 Å². The van der Waals surface area contributed by atoms with Gasteiger partial charge in [0.15, 0.2) is 6.61 Å². The molecule has 0 aliphatic carbocycles. The average Bonchev–Trinajstić information content (AvgIpc) is 3.08. The van der Waals surface area contributed by atoms with Crippen LogP contribution in [-0.4, -0.2) is 21.0 Å². The van der Waals surface area contributed by atoms with E-state index in [0.717, 1.165) is 11.1 Å².